The summed E-state index contributed by atoms with van der Waals surface area (Å²) in [5.41, 5.74) is 8.05. The number of aryl methyl sites for hydroxylation is 1. The number of nitrogens with zero attached hydrogens (tertiary/aromatic N) is 4. The Labute approximate surface area is 163 Å². The third-order valence-corrected chi connectivity index (χ3v) is 5.24. The van der Waals surface area contributed by atoms with Crippen LogP contribution in [-0.4, -0.2) is 26.1 Å². The zero-order valence-electron chi connectivity index (χ0n) is 15.8. The minimum Gasteiger partial charge on any atom is -0.370 e. The Morgan fingerprint density at radius 1 is 1.11 bits per heavy atom. The number of anilines is 1. The summed E-state index contributed by atoms with van der Waals surface area (Å²) >= 11 is 0. The topological polar surface area (TPSA) is 55.1 Å². The molecule has 5 nitrogen and oxygen atoms in total. The molecule has 5 rings (SSSR count). The van der Waals surface area contributed by atoms with Gasteiger partial charge in [0.2, 0.25) is 0 Å². The molecule has 0 fully saturated rings. The standard InChI is InChI=1S/C23H21N5/c1-16-14-26-28-22(13-21(27-23(16)28)19-6-4-11-24-15-19)25-12-10-18-9-8-17-5-2-3-7-20(17)18/h2-7,9,11,13-15,25H,8,10,12H2,1H3. The van der Waals surface area contributed by atoms with Gasteiger partial charge in [-0.1, -0.05) is 30.3 Å². The molecule has 0 saturated heterocycles. The van der Waals surface area contributed by atoms with Gasteiger partial charge in [0.25, 0.3) is 0 Å². The lowest BCUT2D eigenvalue weighted by atomic mass is 10.0. The van der Waals surface area contributed by atoms with Crippen molar-refractivity contribution in [2.45, 2.75) is 19.8 Å². The summed E-state index contributed by atoms with van der Waals surface area (Å²) in [6.07, 6.45) is 9.83. The second kappa shape index (κ2) is 6.93. The third kappa shape index (κ3) is 2.95. The van der Waals surface area contributed by atoms with Crippen LogP contribution in [0.1, 0.15) is 23.1 Å². The molecule has 1 N–H and O–H groups in total. The summed E-state index contributed by atoms with van der Waals surface area (Å²) in [5, 5.41) is 8.07. The zero-order valence-corrected chi connectivity index (χ0v) is 15.8. The molecule has 3 aromatic heterocycles. The summed E-state index contributed by atoms with van der Waals surface area (Å²) in [5.74, 6) is 0.948. The van der Waals surface area contributed by atoms with E-state index in [1.165, 1.54) is 16.7 Å². The molecule has 0 unspecified atom stereocenters. The summed E-state index contributed by atoms with van der Waals surface area (Å²) in [6, 6.07) is 14.7. The molecule has 138 valence electrons. The van der Waals surface area contributed by atoms with Gasteiger partial charge in [0, 0.05) is 36.1 Å². The van der Waals surface area contributed by atoms with Crippen molar-refractivity contribution in [1.29, 1.82) is 0 Å². The molecular formula is C23H21N5. The van der Waals surface area contributed by atoms with E-state index >= 15 is 0 Å². The highest BCUT2D eigenvalue weighted by atomic mass is 15.3. The highest BCUT2D eigenvalue weighted by Gasteiger charge is 2.14. The fourth-order valence-electron chi connectivity index (χ4n) is 3.78. The van der Waals surface area contributed by atoms with Crippen molar-refractivity contribution in [2.24, 2.45) is 0 Å². The van der Waals surface area contributed by atoms with Gasteiger partial charge in [0.1, 0.15) is 5.82 Å². The van der Waals surface area contributed by atoms with Gasteiger partial charge in [-0.05, 0) is 48.6 Å². The maximum Gasteiger partial charge on any atom is 0.160 e. The average Bonchev–Trinajstić information content (AvgIpc) is 3.33. The molecule has 1 aliphatic rings. The van der Waals surface area contributed by atoms with Gasteiger partial charge in [-0.2, -0.15) is 9.61 Å². The predicted molar refractivity (Wildman–Crippen MR) is 112 cm³/mol. The lowest BCUT2D eigenvalue weighted by Gasteiger charge is -2.12. The fraction of sp³-hybridized carbons (Fsp3) is 0.174. The minimum absolute atomic E-state index is 0.838. The molecular weight excluding hydrogens is 346 g/mol. The number of rotatable bonds is 5. The summed E-state index contributed by atoms with van der Waals surface area (Å²) < 4.78 is 1.88. The van der Waals surface area contributed by atoms with Gasteiger partial charge in [0.05, 0.1) is 11.9 Å². The van der Waals surface area contributed by atoms with Crippen LogP contribution in [0.3, 0.4) is 0 Å². The van der Waals surface area contributed by atoms with Gasteiger partial charge < -0.3 is 5.32 Å². The SMILES string of the molecule is Cc1cnn2c(NCCC3=CCc4ccccc43)cc(-c3cccnc3)nc12. The minimum atomic E-state index is 0.838. The lowest BCUT2D eigenvalue weighted by molar-refractivity contribution is 0.923. The highest BCUT2D eigenvalue weighted by molar-refractivity contribution is 5.73. The van der Waals surface area contributed by atoms with E-state index in [0.29, 0.717) is 0 Å². The van der Waals surface area contributed by atoms with E-state index in [2.05, 4.69) is 45.7 Å². The molecule has 3 heterocycles. The predicted octanol–water partition coefficient (Wildman–Crippen LogP) is 4.54. The van der Waals surface area contributed by atoms with E-state index in [-0.39, 0.29) is 0 Å². The molecule has 0 amide bonds. The molecule has 0 spiro atoms. The molecule has 28 heavy (non-hydrogen) atoms. The highest BCUT2D eigenvalue weighted by Crippen LogP contribution is 2.29. The van der Waals surface area contributed by atoms with Gasteiger partial charge in [-0.15, -0.1) is 0 Å². The quantitative estimate of drug-likeness (QED) is 0.563. The van der Waals surface area contributed by atoms with E-state index in [1.807, 2.05) is 42.0 Å². The maximum absolute atomic E-state index is 4.79. The lowest BCUT2D eigenvalue weighted by Crippen LogP contribution is -2.08. The van der Waals surface area contributed by atoms with Crippen molar-refractivity contribution >= 4 is 17.0 Å². The number of aromatic nitrogens is 4. The molecule has 1 aliphatic carbocycles. The summed E-state index contributed by atoms with van der Waals surface area (Å²) in [6.45, 7) is 2.87. The fourth-order valence-corrected chi connectivity index (χ4v) is 3.78. The molecule has 4 aromatic rings. The van der Waals surface area contributed by atoms with Crippen LogP contribution in [0.15, 0.2) is 67.1 Å². The molecule has 0 aliphatic heterocycles. The van der Waals surface area contributed by atoms with Gasteiger partial charge in [0.15, 0.2) is 5.65 Å². The van der Waals surface area contributed by atoms with E-state index in [1.54, 1.807) is 6.20 Å². The van der Waals surface area contributed by atoms with Crippen molar-refractivity contribution in [3.63, 3.8) is 0 Å². The summed E-state index contributed by atoms with van der Waals surface area (Å²) in [4.78, 5) is 9.02. The van der Waals surface area contributed by atoms with Crippen molar-refractivity contribution in [3.05, 3.63) is 83.8 Å². The van der Waals surface area contributed by atoms with E-state index in [9.17, 15) is 0 Å². The Hall–Kier alpha value is -3.47. The second-order valence-electron chi connectivity index (χ2n) is 7.10. The Bertz CT molecular complexity index is 1170. The molecule has 0 atom stereocenters. The van der Waals surface area contributed by atoms with E-state index in [4.69, 9.17) is 4.98 Å². The summed E-state index contributed by atoms with van der Waals surface area (Å²) in [7, 11) is 0. The average molecular weight is 367 g/mol. The Kier molecular flexibility index (Phi) is 4.13. The van der Waals surface area contributed by atoms with Crippen LogP contribution >= 0.6 is 0 Å². The molecule has 5 heteroatoms. The van der Waals surface area contributed by atoms with Crippen molar-refractivity contribution in [1.82, 2.24) is 19.6 Å². The Morgan fingerprint density at radius 3 is 2.93 bits per heavy atom. The molecule has 1 aromatic carbocycles. The monoisotopic (exact) mass is 367 g/mol. The second-order valence-corrected chi connectivity index (χ2v) is 7.10. The number of benzene rings is 1. The normalized spacial score (nSPS) is 12.8. The van der Waals surface area contributed by atoms with Gasteiger partial charge in [-0.25, -0.2) is 4.98 Å². The smallest absolute Gasteiger partial charge is 0.160 e. The molecule has 0 radical (unpaired) electrons. The first-order chi connectivity index (χ1) is 13.8. The number of nitrogens with one attached hydrogen (secondary N) is 1. The number of hydrogen-bond donors (Lipinski definition) is 1. The van der Waals surface area contributed by atoms with E-state index in [0.717, 1.165) is 47.7 Å². The number of hydrogen-bond acceptors (Lipinski definition) is 4. The number of pyridine rings is 1. The molecule has 0 saturated carbocycles. The van der Waals surface area contributed by atoms with Crippen molar-refractivity contribution < 1.29 is 0 Å². The first kappa shape index (κ1) is 16.7. The van der Waals surface area contributed by atoms with Crippen LogP contribution in [0.2, 0.25) is 0 Å². The van der Waals surface area contributed by atoms with Gasteiger partial charge in [-0.3, -0.25) is 4.98 Å². The van der Waals surface area contributed by atoms with Crippen molar-refractivity contribution in [2.75, 3.05) is 11.9 Å². The first-order valence-electron chi connectivity index (χ1n) is 9.56. The Balaban J connectivity index is 1.41. The molecule has 0 bridgehead atoms. The van der Waals surface area contributed by atoms with Crippen LogP contribution < -0.4 is 5.32 Å². The van der Waals surface area contributed by atoms with Crippen LogP contribution in [-0.2, 0) is 6.42 Å². The van der Waals surface area contributed by atoms with Crippen LogP contribution in [0.25, 0.3) is 22.5 Å². The van der Waals surface area contributed by atoms with Crippen LogP contribution in [0, 0.1) is 6.92 Å². The van der Waals surface area contributed by atoms with Gasteiger partial charge >= 0.3 is 0 Å². The number of fused-ring (bicyclic) bond motifs is 2. The maximum atomic E-state index is 4.79. The van der Waals surface area contributed by atoms with Crippen LogP contribution in [0.5, 0.6) is 0 Å². The Morgan fingerprint density at radius 2 is 2.04 bits per heavy atom. The number of allylic oxidation sites excluding steroid dienone is 1. The van der Waals surface area contributed by atoms with Crippen LogP contribution in [0.4, 0.5) is 5.82 Å². The first-order valence-corrected chi connectivity index (χ1v) is 9.56. The van der Waals surface area contributed by atoms with Crippen molar-refractivity contribution in [3.8, 4) is 11.3 Å². The zero-order chi connectivity index (χ0) is 18.9. The van der Waals surface area contributed by atoms with E-state index < -0.39 is 0 Å². The largest absolute Gasteiger partial charge is 0.370 e. The third-order valence-electron chi connectivity index (χ3n) is 5.24.